The number of likely N-dealkylation sites (tertiary alicyclic amines) is 5. The summed E-state index contributed by atoms with van der Waals surface area (Å²) < 4.78 is 55.4. The van der Waals surface area contributed by atoms with Crippen LogP contribution in [-0.4, -0.2) is 277 Å². The number of esters is 1. The molecule has 0 bridgehead atoms. The molecule has 1 unspecified atom stereocenters. The Morgan fingerprint density at radius 2 is 0.787 bits per heavy atom. The molecule has 5 aromatic rings. The Balaban J connectivity index is -0.00000159. The van der Waals surface area contributed by atoms with Gasteiger partial charge in [0.1, 0.15) is 45.0 Å². The van der Waals surface area contributed by atoms with Gasteiger partial charge in [-0.3, -0.25) is 14.4 Å². The van der Waals surface area contributed by atoms with Gasteiger partial charge < -0.3 is 106 Å². The van der Waals surface area contributed by atoms with Crippen molar-refractivity contribution in [3.8, 4) is 0 Å². The molecule has 0 saturated carbocycles. The predicted molar refractivity (Wildman–Crippen MR) is 537 cm³/mol. The van der Waals surface area contributed by atoms with Gasteiger partial charge in [0, 0.05) is 180 Å². The van der Waals surface area contributed by atoms with E-state index >= 15 is 0 Å². The first-order chi connectivity index (χ1) is 63.7. The summed E-state index contributed by atoms with van der Waals surface area (Å²) >= 11 is 0. The Bertz CT molecular complexity index is 4730. The van der Waals surface area contributed by atoms with E-state index in [1.807, 2.05) is 216 Å². The van der Waals surface area contributed by atoms with Crippen LogP contribution in [0.25, 0.3) is 0 Å². The molecule has 141 heavy (non-hydrogen) atoms. The summed E-state index contributed by atoms with van der Waals surface area (Å²) in [6.45, 7) is 47.0. The third-order valence-electron chi connectivity index (χ3n) is 22.2. The second kappa shape index (κ2) is 61.0. The number of aliphatic hydroxyl groups is 3. The van der Waals surface area contributed by atoms with Crippen molar-refractivity contribution in [2.24, 2.45) is 0 Å². The largest absolute Gasteiger partial charge is 1.00 e. The van der Waals surface area contributed by atoms with Crippen LogP contribution < -0.4 is 53.2 Å². The number of ketones is 1. The molecule has 2 spiro atoms. The standard InChI is InChI=1S/C19H28N2O4.C18H23NO4.C18H27NO4.C18H25NO3.C10H17NO3.C9H11NO.C7H15NO2.C4H9.CH4.Al.2Li.HO4P.H2.H/c1-18(2,3)25-17(23)21-11-9-19(24,10-12-21)13-14-7-5-6-8-15(14)16(22)20-4;1-17(2,3)23-16(21)19-10-8-18(9-11-19)12-13-6-4-5-7-14(13)15(20)22-18;1-17(2,3)23-16(21)19-10-8-18(22,9-11-19)12-14-6-4-5-7-15(14)13-20;1-17(2,3)22-16(20)19-10-8-18(9-11-19)12-14-6-4-5-7-15(14)13-21-18;1-10(2,3)14-9(13)11-6-4-8(12)5-7-11;1-7-5-3-4-6-8(7)9(11)10-2;1-7(2,3)10-6(9)8(4)5;1-3-4-2;;;;;1-4-5(2)3;;/h5-8,24H,9-13H2,1-4H3,(H,20,22);4-7H,8-12H2,1-3H3;4-7,20,22H,8-13H2,1-3H3;4-7H,8-13H2,1-3H3;4-7H2,1-3H3;3-6H,1-2H3,(H,10,11);1-5H3;1,3-4H2,2H3;1H4;;;;1H;1H;/q;;;;;;;-1;;;2*+1;;;-1. The third-order valence-corrected chi connectivity index (χ3v) is 22.3. The maximum absolute atomic E-state index is 12.2. The summed E-state index contributed by atoms with van der Waals surface area (Å²) in [6, 6.07) is 38.5. The minimum Gasteiger partial charge on any atom is -1.00 e. The van der Waals surface area contributed by atoms with Crippen LogP contribution >= 0.6 is 8.25 Å². The molecular formula is C104H163AlLi2N8O25P. The van der Waals surface area contributed by atoms with Crippen LogP contribution in [0.4, 0.5) is 28.8 Å². The molecule has 7 aliphatic rings. The molecule has 5 saturated heterocycles. The molecule has 5 fully saturated rings. The van der Waals surface area contributed by atoms with Crippen molar-refractivity contribution in [2.45, 2.75) is 318 Å². The number of fused-ring (bicyclic) bond motifs is 2. The monoisotopic (exact) mass is 2000 g/mol. The van der Waals surface area contributed by atoms with E-state index in [4.69, 9.17) is 52.6 Å². The average Bonchev–Trinajstić information content (AvgIpc) is 0.767. The predicted octanol–water partition coefficient (Wildman–Crippen LogP) is 11.7. The van der Waals surface area contributed by atoms with Crippen molar-refractivity contribution in [1.29, 1.82) is 0 Å². The van der Waals surface area contributed by atoms with E-state index in [-0.39, 0.29) is 143 Å². The van der Waals surface area contributed by atoms with Crippen molar-refractivity contribution in [3.63, 3.8) is 0 Å². The Morgan fingerprint density at radius 1 is 0.482 bits per heavy atom. The van der Waals surface area contributed by atoms with Crippen LogP contribution in [0.15, 0.2) is 121 Å². The Labute approximate surface area is 876 Å². The van der Waals surface area contributed by atoms with Crippen LogP contribution in [-0.2, 0) is 90.8 Å². The summed E-state index contributed by atoms with van der Waals surface area (Å²) in [5, 5.41) is 43.4. The van der Waals surface area contributed by atoms with Gasteiger partial charge in [0.15, 0.2) is 0 Å². The number of nitrogens with one attached hydrogen (secondary N) is 2. The van der Waals surface area contributed by atoms with Crippen LogP contribution in [0.5, 0.6) is 0 Å². The number of rotatable bonds is 9. The number of hydrogen-bond acceptors (Lipinski definition) is 25. The number of carbonyl (C=O) groups is 10. The van der Waals surface area contributed by atoms with Crippen molar-refractivity contribution < 1.29 is 161 Å². The first kappa shape index (κ1) is 132. The molecule has 779 valence electrons. The molecule has 7 heterocycles. The van der Waals surface area contributed by atoms with Gasteiger partial charge in [-0.1, -0.05) is 124 Å². The smallest absolute Gasteiger partial charge is 1.00 e. The van der Waals surface area contributed by atoms with Gasteiger partial charge in [0.05, 0.1) is 35.6 Å². The molecule has 0 aliphatic carbocycles. The third kappa shape index (κ3) is 49.7. The number of ether oxygens (including phenoxy) is 8. The zero-order valence-electron chi connectivity index (χ0n) is 89.1. The quantitative estimate of drug-likeness (QED) is 0.0152. The zero-order valence-corrected chi connectivity index (χ0v) is 90.2. The van der Waals surface area contributed by atoms with E-state index in [0.717, 1.165) is 65.5 Å². The van der Waals surface area contributed by atoms with Crippen molar-refractivity contribution in [1.82, 2.24) is 40.0 Å². The maximum atomic E-state index is 12.2. The first-order valence-corrected chi connectivity index (χ1v) is 48.0. The molecule has 12 rings (SSSR count). The molecule has 37 heteroatoms. The SMILES string of the molecule is C.CC(C)(C)OC(=O)N1CCC(=O)CC1.CC(C)(C)OC(=O)N1CCC(O)(Cc2ccccc2CO)CC1.CC(C)(C)OC(=O)N1CCC2(CC1)Cc1ccccc1C(=O)O2.CC(C)(C)OC(=O)N1CCC2(CC1)Cc1ccccc1CO2.CN(C)C(=O)OC(C)(C)C.CNC(=O)c1ccccc1C.CNC(=O)c1ccccc1CC1(O)CCN(C(=O)OC(C)(C)C)CC1.O=[P+]([O-])OO.[Al].[CH2-]CCC.[H-].[HH].[Li+].[Li+]. The fourth-order valence-corrected chi connectivity index (χ4v) is 14.9. The molecular weight excluding hydrogens is 1830 g/mol. The number of piperidine rings is 5. The minimum absolute atomic E-state index is 0. The second-order valence-corrected chi connectivity index (χ2v) is 41.7. The minimum atomic E-state index is -3.04. The fourth-order valence-electron chi connectivity index (χ4n) is 14.9. The zero-order chi connectivity index (χ0) is 103. The van der Waals surface area contributed by atoms with E-state index in [1.165, 1.54) is 22.4 Å². The van der Waals surface area contributed by atoms with E-state index in [0.29, 0.717) is 147 Å². The number of aryl methyl sites for hydroxylation is 1. The van der Waals surface area contributed by atoms with Gasteiger partial charge in [0.2, 0.25) is 0 Å². The number of benzene rings is 5. The number of carbonyl (C=O) groups excluding carboxylic acids is 10. The molecule has 5 aromatic carbocycles. The van der Waals surface area contributed by atoms with E-state index in [1.54, 1.807) is 64.8 Å². The summed E-state index contributed by atoms with van der Waals surface area (Å²) in [5.74, 6) is -0.212. The van der Waals surface area contributed by atoms with Crippen molar-refractivity contribution >= 4 is 85.7 Å². The van der Waals surface area contributed by atoms with Gasteiger partial charge in [-0.2, -0.15) is 6.42 Å². The first-order valence-electron chi connectivity index (χ1n) is 46.9. The molecule has 8 amide bonds. The van der Waals surface area contributed by atoms with E-state index in [2.05, 4.69) is 53.4 Å². The van der Waals surface area contributed by atoms with Crippen LogP contribution in [0, 0.1) is 13.8 Å². The number of hydrogen-bond donors (Lipinski definition) is 6. The van der Waals surface area contributed by atoms with Crippen LogP contribution in [0.3, 0.4) is 0 Å². The normalized spacial score (nSPS) is 16.3. The molecule has 3 radical (unpaired) electrons. The number of nitrogens with zero attached hydrogens (tertiary/aromatic N) is 6. The van der Waals surface area contributed by atoms with Crippen molar-refractivity contribution in [3.05, 3.63) is 184 Å². The van der Waals surface area contributed by atoms with Gasteiger partial charge >= 0.3 is 88.5 Å². The molecule has 6 N–H and O–H groups in total. The second-order valence-electron chi connectivity index (χ2n) is 41.1. The summed E-state index contributed by atoms with van der Waals surface area (Å²) in [7, 11) is 3.50. The number of aliphatic hydroxyl groups excluding tert-OH is 1. The molecule has 7 aliphatic heterocycles. The van der Waals surface area contributed by atoms with Crippen LogP contribution in [0.2, 0.25) is 0 Å². The molecule has 33 nitrogen and oxygen atoms in total. The maximum Gasteiger partial charge on any atom is 1.00 e. The Hall–Kier alpha value is -8.65. The van der Waals surface area contributed by atoms with Gasteiger partial charge in [-0.05, 0) is 232 Å². The van der Waals surface area contributed by atoms with E-state index in [9.17, 15) is 63.3 Å². The van der Waals surface area contributed by atoms with Crippen LogP contribution in [0.1, 0.15) is 289 Å². The topological polar surface area (TPSA) is 418 Å². The summed E-state index contributed by atoms with van der Waals surface area (Å²) in [4.78, 5) is 136. The number of amides is 8. The average molecular weight is 2000 g/mol. The summed E-state index contributed by atoms with van der Waals surface area (Å²) in [5.41, 5.74) is 4.15. The molecule has 1 atom stereocenters. The Morgan fingerprint density at radius 3 is 1.14 bits per heavy atom. The number of Topliss-reactive ketones (excluding diaryl/α,β-unsaturated/α-hetero) is 1. The van der Waals surface area contributed by atoms with Crippen molar-refractivity contribution in [2.75, 3.05) is 93.6 Å². The number of unbranched alkanes of at least 4 members (excludes halogenated alkanes) is 1. The van der Waals surface area contributed by atoms with E-state index < -0.39 is 53.1 Å². The van der Waals surface area contributed by atoms with Gasteiger partial charge in [-0.15, -0.1) is 0 Å². The Kier molecular flexibility index (Phi) is 57.2. The summed E-state index contributed by atoms with van der Waals surface area (Å²) in [6.07, 6.45) is 8.91. The van der Waals surface area contributed by atoms with Gasteiger partial charge in [-0.25, -0.2) is 38.8 Å². The fraction of sp³-hybridized carbons (Fsp3) is 0.606. The molecule has 0 aromatic heterocycles. The van der Waals surface area contributed by atoms with Gasteiger partial charge in [0.25, 0.3) is 11.8 Å².